The molecular formula is C16H26N2O5S. The highest BCUT2D eigenvalue weighted by Crippen LogP contribution is 2.30. The second-order valence-corrected chi connectivity index (χ2v) is 7.52. The van der Waals surface area contributed by atoms with E-state index in [-0.39, 0.29) is 11.4 Å². The van der Waals surface area contributed by atoms with Crippen molar-refractivity contribution in [3.63, 3.8) is 0 Å². The number of carbonyl (C=O) groups is 1. The van der Waals surface area contributed by atoms with Gasteiger partial charge in [-0.25, -0.2) is 13.1 Å². The van der Waals surface area contributed by atoms with Crippen LogP contribution in [0.4, 0.5) is 0 Å². The van der Waals surface area contributed by atoms with Gasteiger partial charge in [-0.15, -0.1) is 0 Å². The van der Waals surface area contributed by atoms with Crippen molar-refractivity contribution >= 4 is 16.0 Å². The number of methoxy groups -OCH3 is 1. The quantitative estimate of drug-likeness (QED) is 0.575. The topological polar surface area (TPSA) is 119 Å². The summed E-state index contributed by atoms with van der Waals surface area (Å²) in [4.78, 5) is 10.9. The largest absolute Gasteiger partial charge is 0.496 e. The van der Waals surface area contributed by atoms with E-state index in [1.54, 1.807) is 27.0 Å². The first-order chi connectivity index (χ1) is 11.1. The molecule has 0 spiro atoms. The van der Waals surface area contributed by atoms with Crippen molar-refractivity contribution < 1.29 is 23.1 Å². The molecule has 7 nitrogen and oxygen atoms in total. The van der Waals surface area contributed by atoms with Crippen molar-refractivity contribution in [1.82, 2.24) is 4.72 Å². The van der Waals surface area contributed by atoms with Gasteiger partial charge in [-0.2, -0.15) is 0 Å². The average molecular weight is 358 g/mol. The molecule has 0 aromatic heterocycles. The standard InChI is InChI=1S/C16H26N2O5S/c1-10-9-14(23-4)11(2)12(3)15(10)24(21,22)18-8-6-5-7-13(17)16(19)20/h9,13,18H,5-8,17H2,1-4H3,(H,19,20)/t13-/m0/s1. The fraction of sp³-hybridized carbons (Fsp3) is 0.562. The van der Waals surface area contributed by atoms with E-state index in [0.29, 0.717) is 36.1 Å². The highest BCUT2D eigenvalue weighted by Gasteiger charge is 2.22. The monoisotopic (exact) mass is 358 g/mol. The molecule has 0 heterocycles. The lowest BCUT2D eigenvalue weighted by Crippen LogP contribution is -2.30. The molecule has 0 bridgehead atoms. The molecule has 0 aliphatic carbocycles. The van der Waals surface area contributed by atoms with Gasteiger partial charge in [-0.3, -0.25) is 4.79 Å². The van der Waals surface area contributed by atoms with Gasteiger partial charge in [-0.1, -0.05) is 6.42 Å². The van der Waals surface area contributed by atoms with Crippen LogP contribution in [0.3, 0.4) is 0 Å². The molecule has 0 aliphatic heterocycles. The van der Waals surface area contributed by atoms with E-state index in [0.717, 1.165) is 5.56 Å². The Balaban J connectivity index is 2.76. The molecule has 0 fully saturated rings. The number of nitrogens with two attached hydrogens (primary N) is 1. The maximum Gasteiger partial charge on any atom is 0.320 e. The van der Waals surface area contributed by atoms with Gasteiger partial charge in [0.2, 0.25) is 10.0 Å². The number of hydrogen-bond acceptors (Lipinski definition) is 5. The molecule has 0 aliphatic rings. The smallest absolute Gasteiger partial charge is 0.320 e. The van der Waals surface area contributed by atoms with Crippen molar-refractivity contribution in [3.05, 3.63) is 22.8 Å². The molecule has 1 atom stereocenters. The normalized spacial score (nSPS) is 12.9. The van der Waals surface area contributed by atoms with E-state index >= 15 is 0 Å². The van der Waals surface area contributed by atoms with Crippen LogP contribution < -0.4 is 15.2 Å². The van der Waals surface area contributed by atoms with Gasteiger partial charge in [0.15, 0.2) is 0 Å². The van der Waals surface area contributed by atoms with Gasteiger partial charge < -0.3 is 15.6 Å². The second kappa shape index (κ2) is 8.46. The van der Waals surface area contributed by atoms with Gasteiger partial charge in [0, 0.05) is 6.54 Å². The minimum Gasteiger partial charge on any atom is -0.496 e. The van der Waals surface area contributed by atoms with Gasteiger partial charge in [0.05, 0.1) is 12.0 Å². The number of hydrogen-bond donors (Lipinski definition) is 3. The molecule has 0 amide bonds. The zero-order chi connectivity index (χ0) is 18.5. The average Bonchev–Trinajstić information content (AvgIpc) is 2.49. The van der Waals surface area contributed by atoms with Crippen LogP contribution in [0.15, 0.2) is 11.0 Å². The SMILES string of the molecule is COc1cc(C)c(S(=O)(=O)NCCCC[C@H](N)C(=O)O)c(C)c1C. The number of aryl methyl sites for hydroxylation is 1. The third-order valence-electron chi connectivity index (χ3n) is 4.02. The Morgan fingerprint density at radius 1 is 1.29 bits per heavy atom. The van der Waals surface area contributed by atoms with Crippen molar-refractivity contribution in [2.75, 3.05) is 13.7 Å². The third kappa shape index (κ3) is 4.93. The number of carboxylic acid groups (broad SMARTS) is 1. The Morgan fingerprint density at radius 2 is 1.92 bits per heavy atom. The summed E-state index contributed by atoms with van der Waals surface area (Å²) in [5.41, 5.74) is 7.48. The molecular weight excluding hydrogens is 332 g/mol. The number of ether oxygens (including phenoxy) is 1. The van der Waals surface area contributed by atoms with Gasteiger partial charge >= 0.3 is 5.97 Å². The van der Waals surface area contributed by atoms with Crippen LogP contribution in [0.5, 0.6) is 5.75 Å². The molecule has 4 N–H and O–H groups in total. The van der Waals surface area contributed by atoms with Crippen LogP contribution in [-0.2, 0) is 14.8 Å². The first kappa shape index (κ1) is 20.4. The Morgan fingerprint density at radius 3 is 2.46 bits per heavy atom. The van der Waals surface area contributed by atoms with Crippen LogP contribution in [0.25, 0.3) is 0 Å². The molecule has 0 unspecified atom stereocenters. The number of aliphatic carboxylic acids is 1. The molecule has 1 aromatic carbocycles. The minimum atomic E-state index is -3.64. The number of nitrogens with one attached hydrogen (secondary N) is 1. The first-order valence-electron chi connectivity index (χ1n) is 7.74. The molecule has 8 heteroatoms. The lowest BCUT2D eigenvalue weighted by atomic mass is 10.1. The maximum atomic E-state index is 12.6. The summed E-state index contributed by atoms with van der Waals surface area (Å²) >= 11 is 0. The summed E-state index contributed by atoms with van der Waals surface area (Å²) in [5, 5.41) is 8.70. The molecule has 24 heavy (non-hydrogen) atoms. The van der Waals surface area contributed by atoms with E-state index in [1.807, 2.05) is 6.92 Å². The molecule has 0 saturated heterocycles. The van der Waals surface area contributed by atoms with Crippen LogP contribution in [0.1, 0.15) is 36.0 Å². The van der Waals surface area contributed by atoms with Crippen molar-refractivity contribution in [3.8, 4) is 5.75 Å². The summed E-state index contributed by atoms with van der Waals surface area (Å²) in [6.07, 6.45) is 1.37. The van der Waals surface area contributed by atoms with E-state index in [2.05, 4.69) is 4.72 Å². The van der Waals surface area contributed by atoms with Gasteiger partial charge in [-0.05, 0) is 56.4 Å². The van der Waals surface area contributed by atoms with Crippen molar-refractivity contribution in [2.24, 2.45) is 5.73 Å². The summed E-state index contributed by atoms with van der Waals surface area (Å²) < 4.78 is 32.9. The Bertz CT molecular complexity index is 701. The van der Waals surface area contributed by atoms with E-state index < -0.39 is 22.0 Å². The zero-order valence-corrected chi connectivity index (χ0v) is 15.4. The van der Waals surface area contributed by atoms with E-state index in [4.69, 9.17) is 15.6 Å². The third-order valence-corrected chi connectivity index (χ3v) is 5.77. The van der Waals surface area contributed by atoms with Crippen molar-refractivity contribution in [1.29, 1.82) is 0 Å². The number of carboxylic acids is 1. The second-order valence-electron chi connectivity index (χ2n) is 5.81. The first-order valence-corrected chi connectivity index (χ1v) is 9.23. The lowest BCUT2D eigenvalue weighted by Gasteiger charge is -2.16. The van der Waals surface area contributed by atoms with Crippen LogP contribution in [-0.4, -0.2) is 39.2 Å². The minimum absolute atomic E-state index is 0.235. The molecule has 1 rings (SSSR count). The van der Waals surface area contributed by atoms with Crippen LogP contribution in [0, 0.1) is 20.8 Å². The van der Waals surface area contributed by atoms with Crippen molar-refractivity contribution in [2.45, 2.75) is 51.0 Å². The predicted molar refractivity (Wildman–Crippen MR) is 91.9 cm³/mol. The molecule has 1 aromatic rings. The molecule has 136 valence electrons. The van der Waals surface area contributed by atoms with Crippen LogP contribution in [0.2, 0.25) is 0 Å². The summed E-state index contributed by atoms with van der Waals surface area (Å²) in [6, 6.07) is 0.804. The summed E-state index contributed by atoms with van der Waals surface area (Å²) in [6.45, 7) is 5.54. The Hall–Kier alpha value is -1.64. The Labute approximate surface area is 143 Å². The van der Waals surface area contributed by atoms with Gasteiger partial charge in [0.1, 0.15) is 11.8 Å². The zero-order valence-electron chi connectivity index (χ0n) is 14.5. The number of rotatable bonds is 9. The molecule has 0 saturated carbocycles. The highest BCUT2D eigenvalue weighted by atomic mass is 32.2. The number of benzene rings is 1. The summed E-state index contributed by atoms with van der Waals surface area (Å²) in [7, 11) is -2.09. The fourth-order valence-electron chi connectivity index (χ4n) is 2.54. The molecule has 0 radical (unpaired) electrons. The fourth-order valence-corrected chi connectivity index (χ4v) is 4.13. The lowest BCUT2D eigenvalue weighted by molar-refractivity contribution is -0.138. The number of sulfonamides is 1. The van der Waals surface area contributed by atoms with E-state index in [1.165, 1.54) is 0 Å². The highest BCUT2D eigenvalue weighted by molar-refractivity contribution is 7.89. The number of unbranched alkanes of at least 4 members (excludes halogenated alkanes) is 1. The Kier molecular flexibility index (Phi) is 7.19. The van der Waals surface area contributed by atoms with Crippen LogP contribution >= 0.6 is 0 Å². The van der Waals surface area contributed by atoms with E-state index in [9.17, 15) is 13.2 Å². The van der Waals surface area contributed by atoms with Gasteiger partial charge in [0.25, 0.3) is 0 Å². The maximum absolute atomic E-state index is 12.6. The summed E-state index contributed by atoms with van der Waals surface area (Å²) in [5.74, 6) is -0.387. The predicted octanol–water partition coefficient (Wildman–Crippen LogP) is 1.48.